The summed E-state index contributed by atoms with van der Waals surface area (Å²) in [5, 5.41) is 3.16. The molecule has 0 spiro atoms. The molecule has 1 aliphatic heterocycles. The first-order valence-electron chi connectivity index (χ1n) is 10.4. The normalized spacial score (nSPS) is 20.7. The molecule has 2 aliphatic rings. The van der Waals surface area contributed by atoms with E-state index in [-0.39, 0.29) is 24.5 Å². The quantitative estimate of drug-likeness (QED) is 0.645. The number of nitrogens with one attached hydrogen (secondary N) is 1. The van der Waals surface area contributed by atoms with Gasteiger partial charge in [0.25, 0.3) is 0 Å². The predicted octanol–water partition coefficient (Wildman–Crippen LogP) is 5.35. The van der Waals surface area contributed by atoms with Crippen molar-refractivity contribution < 1.29 is 14.3 Å². The van der Waals surface area contributed by atoms with Crippen molar-refractivity contribution in [2.75, 3.05) is 13.3 Å². The lowest BCUT2D eigenvalue weighted by Crippen LogP contribution is -2.37. The van der Waals surface area contributed by atoms with Crippen LogP contribution in [-0.4, -0.2) is 19.2 Å². The molecule has 1 aromatic rings. The van der Waals surface area contributed by atoms with Crippen LogP contribution in [0.1, 0.15) is 64.9 Å². The Morgan fingerprint density at radius 2 is 2.04 bits per heavy atom. The molecule has 4 heteroatoms. The van der Waals surface area contributed by atoms with Crippen LogP contribution in [0, 0.1) is 11.8 Å². The van der Waals surface area contributed by atoms with Crippen LogP contribution < -0.4 is 14.8 Å². The van der Waals surface area contributed by atoms with Crippen LogP contribution in [0.25, 0.3) is 0 Å². The number of carbonyl (C=O) groups is 1. The van der Waals surface area contributed by atoms with E-state index in [0.717, 1.165) is 49.3 Å². The Bertz CT molecular complexity index is 759. The number of rotatable bonds is 7. The van der Waals surface area contributed by atoms with Gasteiger partial charge in [-0.3, -0.25) is 4.79 Å². The number of carbonyl (C=O) groups excluding carboxylic acids is 1. The Morgan fingerprint density at radius 1 is 1.25 bits per heavy atom. The van der Waals surface area contributed by atoms with Gasteiger partial charge in [-0.15, -0.1) is 0 Å². The minimum atomic E-state index is -0.0363. The van der Waals surface area contributed by atoms with E-state index < -0.39 is 0 Å². The van der Waals surface area contributed by atoms with Crippen LogP contribution in [0.4, 0.5) is 0 Å². The van der Waals surface area contributed by atoms with E-state index in [1.165, 1.54) is 11.1 Å². The van der Waals surface area contributed by atoms with Crippen LogP contribution in [0.15, 0.2) is 41.5 Å². The van der Waals surface area contributed by atoms with E-state index in [4.69, 9.17) is 9.47 Å². The van der Waals surface area contributed by atoms with Crippen molar-refractivity contribution in [1.82, 2.24) is 5.32 Å². The fourth-order valence-corrected chi connectivity index (χ4v) is 3.94. The molecule has 28 heavy (non-hydrogen) atoms. The van der Waals surface area contributed by atoms with E-state index >= 15 is 0 Å². The number of fused-ring (bicyclic) bond motifs is 1. The van der Waals surface area contributed by atoms with E-state index in [9.17, 15) is 4.79 Å². The van der Waals surface area contributed by atoms with Gasteiger partial charge in [0, 0.05) is 12.5 Å². The third kappa shape index (κ3) is 5.18. The van der Waals surface area contributed by atoms with E-state index in [1.807, 2.05) is 6.07 Å². The minimum Gasteiger partial charge on any atom is -0.454 e. The average Bonchev–Trinajstić information content (AvgIpc) is 3.13. The van der Waals surface area contributed by atoms with Crippen LogP contribution in [0.3, 0.4) is 0 Å². The van der Waals surface area contributed by atoms with Gasteiger partial charge in [-0.25, -0.2) is 0 Å². The van der Waals surface area contributed by atoms with Crippen LogP contribution in [0.2, 0.25) is 0 Å². The Kier molecular flexibility index (Phi) is 6.82. The van der Waals surface area contributed by atoms with Gasteiger partial charge in [0.2, 0.25) is 12.7 Å². The van der Waals surface area contributed by atoms with Crippen molar-refractivity contribution in [3.8, 4) is 11.5 Å². The Labute approximate surface area is 169 Å². The lowest BCUT2D eigenvalue weighted by molar-refractivity contribution is -0.126. The summed E-state index contributed by atoms with van der Waals surface area (Å²) < 4.78 is 11.0. The third-order valence-electron chi connectivity index (χ3n) is 5.49. The Morgan fingerprint density at radius 3 is 2.79 bits per heavy atom. The fraction of sp³-hybridized carbons (Fsp3) is 0.542. The molecule has 0 saturated carbocycles. The monoisotopic (exact) mass is 383 g/mol. The molecule has 0 aromatic heterocycles. The zero-order valence-electron chi connectivity index (χ0n) is 17.6. The van der Waals surface area contributed by atoms with Crippen molar-refractivity contribution in [1.29, 1.82) is 0 Å². The molecule has 1 aromatic carbocycles. The molecule has 1 heterocycles. The number of hydrogen-bond donors (Lipinski definition) is 1. The molecule has 152 valence electrons. The van der Waals surface area contributed by atoms with E-state index in [2.05, 4.69) is 57.3 Å². The van der Waals surface area contributed by atoms with Gasteiger partial charge < -0.3 is 14.8 Å². The van der Waals surface area contributed by atoms with Gasteiger partial charge in [0.05, 0.1) is 0 Å². The van der Waals surface area contributed by atoms with Crippen molar-refractivity contribution in [2.24, 2.45) is 11.8 Å². The second-order valence-corrected chi connectivity index (χ2v) is 8.59. The summed E-state index contributed by atoms with van der Waals surface area (Å²) in [6.07, 6.45) is 8.43. The molecule has 0 saturated heterocycles. The van der Waals surface area contributed by atoms with Crippen LogP contribution in [-0.2, 0) is 4.79 Å². The SMILES string of the molecule is CC(C)=CCCC1=CC[C@H](c2ccc3c(c2)OCO3)[C@H](C(=O)NCC(C)C)C1. The second-order valence-electron chi connectivity index (χ2n) is 8.59. The zero-order valence-corrected chi connectivity index (χ0v) is 17.6. The molecule has 1 N–H and O–H groups in total. The van der Waals surface area contributed by atoms with Gasteiger partial charge >= 0.3 is 0 Å². The van der Waals surface area contributed by atoms with Gasteiger partial charge in [-0.05, 0) is 69.1 Å². The first-order chi connectivity index (χ1) is 13.4. The molecular formula is C24H33NO3. The largest absolute Gasteiger partial charge is 0.454 e. The van der Waals surface area contributed by atoms with Crippen molar-refractivity contribution in [2.45, 2.75) is 59.3 Å². The van der Waals surface area contributed by atoms with E-state index in [1.54, 1.807) is 0 Å². The van der Waals surface area contributed by atoms with Crippen molar-refractivity contribution in [3.63, 3.8) is 0 Å². The lowest BCUT2D eigenvalue weighted by atomic mass is 9.74. The highest BCUT2D eigenvalue weighted by Gasteiger charge is 2.33. The van der Waals surface area contributed by atoms with E-state index in [0.29, 0.717) is 5.92 Å². The summed E-state index contributed by atoms with van der Waals surface area (Å²) in [6.45, 7) is 9.51. The van der Waals surface area contributed by atoms with Gasteiger partial charge in [0.1, 0.15) is 0 Å². The van der Waals surface area contributed by atoms with Crippen molar-refractivity contribution >= 4 is 5.91 Å². The molecule has 1 aliphatic carbocycles. The molecule has 0 radical (unpaired) electrons. The molecule has 0 fully saturated rings. The highest BCUT2D eigenvalue weighted by Crippen LogP contribution is 2.42. The van der Waals surface area contributed by atoms with Gasteiger partial charge in [-0.2, -0.15) is 0 Å². The molecule has 0 bridgehead atoms. The second kappa shape index (κ2) is 9.31. The standard InChI is InChI=1S/C24H33NO3/c1-16(2)6-5-7-18-8-10-20(21(12-18)24(26)25-14-17(3)4)19-9-11-22-23(13-19)28-15-27-22/h6,8-9,11,13,17,20-21H,5,7,10,12,14-15H2,1-4H3,(H,25,26)/t20-,21-/m1/s1. The summed E-state index contributed by atoms with van der Waals surface area (Å²) in [5.74, 6) is 2.34. The third-order valence-corrected chi connectivity index (χ3v) is 5.49. The summed E-state index contributed by atoms with van der Waals surface area (Å²) in [6, 6.07) is 6.11. The maximum absolute atomic E-state index is 13.0. The molecule has 3 rings (SSSR count). The number of amides is 1. The first kappa shape index (κ1) is 20.5. The summed E-state index contributed by atoms with van der Waals surface area (Å²) >= 11 is 0. The topological polar surface area (TPSA) is 47.6 Å². The summed E-state index contributed by atoms with van der Waals surface area (Å²) in [5.41, 5.74) is 3.91. The smallest absolute Gasteiger partial charge is 0.231 e. The maximum Gasteiger partial charge on any atom is 0.231 e. The molecule has 0 unspecified atom stereocenters. The maximum atomic E-state index is 13.0. The molecule has 1 amide bonds. The highest BCUT2D eigenvalue weighted by molar-refractivity contribution is 5.80. The lowest BCUT2D eigenvalue weighted by Gasteiger charge is -2.31. The first-order valence-corrected chi connectivity index (χ1v) is 10.4. The van der Waals surface area contributed by atoms with Crippen LogP contribution >= 0.6 is 0 Å². The average molecular weight is 384 g/mol. The zero-order chi connectivity index (χ0) is 20.1. The minimum absolute atomic E-state index is 0.0363. The summed E-state index contributed by atoms with van der Waals surface area (Å²) in [4.78, 5) is 13.0. The van der Waals surface area contributed by atoms with Crippen molar-refractivity contribution in [3.05, 3.63) is 47.1 Å². The predicted molar refractivity (Wildman–Crippen MR) is 113 cm³/mol. The molecule has 2 atom stereocenters. The van der Waals surface area contributed by atoms with Crippen LogP contribution in [0.5, 0.6) is 11.5 Å². The highest BCUT2D eigenvalue weighted by atomic mass is 16.7. The fourth-order valence-electron chi connectivity index (χ4n) is 3.94. The van der Waals surface area contributed by atoms with Gasteiger partial charge in [0.15, 0.2) is 11.5 Å². The summed E-state index contributed by atoms with van der Waals surface area (Å²) in [7, 11) is 0. The molecule has 4 nitrogen and oxygen atoms in total. The number of ether oxygens (including phenoxy) is 2. The Hall–Kier alpha value is -2.23. The number of allylic oxidation sites excluding steroid dienone is 4. The van der Waals surface area contributed by atoms with Gasteiger partial charge in [-0.1, -0.05) is 43.2 Å². The number of hydrogen-bond acceptors (Lipinski definition) is 3. The number of benzene rings is 1. The Balaban J connectivity index is 1.78. The molecular weight excluding hydrogens is 350 g/mol.